The van der Waals surface area contributed by atoms with Gasteiger partial charge < -0.3 is 0 Å². The molecule has 1 aliphatic carbocycles. The molecule has 0 aliphatic heterocycles. The minimum atomic E-state index is 1.21. The zero-order valence-corrected chi connectivity index (χ0v) is 9.19. The molecule has 0 nitrogen and oxygen atoms in total. The van der Waals surface area contributed by atoms with Gasteiger partial charge in [0.15, 0.2) is 0 Å². The molecule has 47 valence electrons. The fourth-order valence-corrected chi connectivity index (χ4v) is 2.52. The van der Waals surface area contributed by atoms with Crippen molar-refractivity contribution in [3.8, 4) is 0 Å². The fourth-order valence-electron chi connectivity index (χ4n) is 1.28. The molecule has 2 rings (SSSR count). The Balaban J connectivity index is 2.54. The Labute approximate surface area is 75.5 Å². The molecule has 1 aromatic carbocycles. The summed E-state index contributed by atoms with van der Waals surface area (Å²) in [6.07, 6.45) is 3.53. The Kier molecular flexibility index (Phi) is 1.61. The second kappa shape index (κ2) is 2.46. The van der Waals surface area contributed by atoms with Crippen molar-refractivity contribution in [1.82, 2.24) is 0 Å². The average molecular weight is 294 g/mol. The van der Waals surface area contributed by atoms with E-state index >= 15 is 0 Å². The van der Waals surface area contributed by atoms with Gasteiger partial charge in [-0.2, -0.15) is 0 Å². The molecule has 0 unspecified atom stereocenters. The molecule has 0 radical (unpaired) electrons. The van der Waals surface area contributed by atoms with Gasteiger partial charge in [-0.15, -0.1) is 0 Å². The monoisotopic (exact) mass is 295 g/mol. The Morgan fingerprint density at radius 1 is 1.20 bits per heavy atom. The minimum absolute atomic E-state index is 1.21. The molecule has 0 saturated carbocycles. The van der Waals surface area contributed by atoms with E-state index in [0.717, 1.165) is 0 Å². The van der Waals surface area contributed by atoms with Gasteiger partial charge in [0.05, 0.1) is 0 Å². The van der Waals surface area contributed by atoms with Gasteiger partial charge in [-0.1, -0.05) is 0 Å². The normalized spacial score (nSPS) is 14.5. The third-order valence-corrected chi connectivity index (χ3v) is 2.92. The third-order valence-electron chi connectivity index (χ3n) is 1.77. The van der Waals surface area contributed by atoms with Crippen LogP contribution in [0.15, 0.2) is 27.6 Å². The van der Waals surface area contributed by atoms with E-state index in [1.54, 1.807) is 3.33 Å². The molecular weight excluding hydrogens is 287 g/mol. The zero-order chi connectivity index (χ0) is 6.97. The summed E-state index contributed by atoms with van der Waals surface area (Å²) in [5.74, 6) is 0. The van der Waals surface area contributed by atoms with Gasteiger partial charge >= 0.3 is 75.6 Å². The second-order valence-electron chi connectivity index (χ2n) is 2.55. The van der Waals surface area contributed by atoms with Crippen molar-refractivity contribution in [3.05, 3.63) is 38.7 Å². The topological polar surface area (TPSA) is 0 Å². The quantitative estimate of drug-likeness (QED) is 0.643. The van der Waals surface area contributed by atoms with Gasteiger partial charge in [-0.3, -0.25) is 0 Å². The second-order valence-corrected chi connectivity index (χ2v) is 4.85. The molecule has 0 heterocycles. The predicted molar refractivity (Wildman–Crippen MR) is 38.1 cm³/mol. The summed E-state index contributed by atoms with van der Waals surface area (Å²) >= 11 is 1.22. The molecule has 0 N–H and O–H groups in total. The molecule has 0 saturated heterocycles. The van der Waals surface area contributed by atoms with Crippen molar-refractivity contribution >= 4 is 6.08 Å². The van der Waals surface area contributed by atoms with E-state index in [2.05, 4.69) is 30.3 Å². The van der Waals surface area contributed by atoms with Gasteiger partial charge in [-0.05, 0) is 0 Å². The van der Waals surface area contributed by atoms with E-state index in [9.17, 15) is 0 Å². The predicted octanol–water partition coefficient (Wildman–Crippen LogP) is 2.13. The van der Waals surface area contributed by atoms with Crippen LogP contribution in [0.3, 0.4) is 0 Å². The molecule has 10 heavy (non-hydrogen) atoms. The number of fused-ring (bicyclic) bond motifs is 1. The maximum absolute atomic E-state index is 2.32. The molecular formula is C9H7Hf. The molecule has 1 aliphatic rings. The summed E-state index contributed by atoms with van der Waals surface area (Å²) in [5.41, 5.74) is 2.94. The summed E-state index contributed by atoms with van der Waals surface area (Å²) < 4.78 is 1.61. The Hall–Kier alpha value is -0.170. The van der Waals surface area contributed by atoms with Crippen molar-refractivity contribution in [2.45, 2.75) is 6.42 Å². The van der Waals surface area contributed by atoms with E-state index in [1.165, 1.54) is 41.9 Å². The number of benzene rings is 1. The van der Waals surface area contributed by atoms with Crippen molar-refractivity contribution < 1.29 is 24.4 Å². The van der Waals surface area contributed by atoms with Crippen molar-refractivity contribution in [1.29, 1.82) is 0 Å². The van der Waals surface area contributed by atoms with E-state index in [4.69, 9.17) is 0 Å². The number of hydrogen-bond donors (Lipinski definition) is 0. The average Bonchev–Trinajstić information content (AvgIpc) is 2.27. The first-order chi connectivity index (χ1) is 4.86. The Morgan fingerprint density at radius 2 is 2.00 bits per heavy atom. The van der Waals surface area contributed by atoms with Crippen LogP contribution >= 0.6 is 0 Å². The third kappa shape index (κ3) is 1.03. The van der Waals surface area contributed by atoms with E-state index in [-0.39, 0.29) is 0 Å². The molecule has 0 amide bonds. The fraction of sp³-hybridized carbons (Fsp3) is 0.111. The van der Waals surface area contributed by atoms with E-state index in [1.807, 2.05) is 0 Å². The van der Waals surface area contributed by atoms with Gasteiger partial charge in [0.25, 0.3) is 0 Å². The summed E-state index contributed by atoms with van der Waals surface area (Å²) in [6, 6.07) is 8.64. The summed E-state index contributed by atoms with van der Waals surface area (Å²) in [4.78, 5) is 0. The van der Waals surface area contributed by atoms with Crippen LogP contribution in [-0.2, 0) is 30.8 Å². The van der Waals surface area contributed by atoms with Crippen molar-refractivity contribution in [2.75, 3.05) is 0 Å². The molecule has 1 aromatic rings. The van der Waals surface area contributed by atoms with Crippen LogP contribution in [0.2, 0.25) is 0 Å². The zero-order valence-electron chi connectivity index (χ0n) is 5.59. The van der Waals surface area contributed by atoms with Crippen molar-refractivity contribution in [2.24, 2.45) is 0 Å². The summed E-state index contributed by atoms with van der Waals surface area (Å²) in [7, 11) is 0. The Morgan fingerprint density at radius 3 is 2.80 bits per heavy atom. The van der Waals surface area contributed by atoms with Crippen LogP contribution < -0.4 is 0 Å². The molecule has 0 atom stereocenters. The first-order valence-electron chi connectivity index (χ1n) is 3.36. The van der Waals surface area contributed by atoms with Crippen LogP contribution in [0, 0.1) is 0 Å². The maximum atomic E-state index is 2.32. The van der Waals surface area contributed by atoms with Crippen LogP contribution in [-0.4, -0.2) is 0 Å². The van der Waals surface area contributed by atoms with Crippen molar-refractivity contribution in [3.63, 3.8) is 0 Å². The first-order valence-corrected chi connectivity index (χ1v) is 5.16. The van der Waals surface area contributed by atoms with E-state index < -0.39 is 0 Å². The summed E-state index contributed by atoms with van der Waals surface area (Å²) in [5, 5.41) is 0. The van der Waals surface area contributed by atoms with Crippen LogP contribution in [0.5, 0.6) is 0 Å². The van der Waals surface area contributed by atoms with E-state index in [0.29, 0.717) is 0 Å². The molecule has 0 spiro atoms. The van der Waals surface area contributed by atoms with Crippen LogP contribution in [0.1, 0.15) is 11.1 Å². The number of rotatable bonds is 0. The van der Waals surface area contributed by atoms with Gasteiger partial charge in [0, 0.05) is 0 Å². The van der Waals surface area contributed by atoms with Gasteiger partial charge in [-0.25, -0.2) is 0 Å². The molecule has 0 fully saturated rings. The number of hydrogen-bond acceptors (Lipinski definition) is 0. The van der Waals surface area contributed by atoms with Gasteiger partial charge in [0.2, 0.25) is 0 Å². The SMILES string of the molecule is [Hf][C]1=Cc2ccccc2C1. The van der Waals surface area contributed by atoms with Crippen LogP contribution in [0.25, 0.3) is 6.08 Å². The molecule has 0 bridgehead atoms. The molecule has 0 aromatic heterocycles. The Bertz CT molecular complexity index is 287. The van der Waals surface area contributed by atoms with Gasteiger partial charge in [0.1, 0.15) is 0 Å². The summed E-state index contributed by atoms with van der Waals surface area (Å²) in [6.45, 7) is 0. The van der Waals surface area contributed by atoms with Crippen LogP contribution in [0.4, 0.5) is 0 Å². The first kappa shape index (κ1) is 6.53. The standard InChI is InChI=1S/C9H7.Hf/c1-2-5-9-7-3-6-8(9)4-1;/h1-2,4-6H,7H2;. The number of allylic oxidation sites excluding steroid dienone is 1. The molecule has 1 heteroatoms.